The molecule has 0 atom stereocenters. The zero-order valence-corrected chi connectivity index (χ0v) is 18.6. The maximum absolute atomic E-state index is 4.65. The maximum Gasteiger partial charge on any atom is 0.229 e. The first-order valence-corrected chi connectivity index (χ1v) is 10.9. The second kappa shape index (κ2) is 9.26. The molecular weight excluding hydrogens is 436 g/mol. The van der Waals surface area contributed by atoms with Gasteiger partial charge in [-0.05, 0) is 71.3 Å². The maximum atomic E-state index is 4.65. The predicted octanol–water partition coefficient (Wildman–Crippen LogP) is 6.86. The molecule has 4 rings (SSSR count). The van der Waals surface area contributed by atoms with Crippen molar-refractivity contribution < 1.29 is 0 Å². The lowest BCUT2D eigenvalue weighted by molar-refractivity contribution is 1.00. The van der Waals surface area contributed by atoms with Crippen molar-refractivity contribution in [1.82, 2.24) is 9.97 Å². The van der Waals surface area contributed by atoms with Gasteiger partial charge in [0.2, 0.25) is 5.95 Å². The van der Waals surface area contributed by atoms with Crippen LogP contribution >= 0.6 is 15.9 Å². The Hall–Kier alpha value is -2.92. The smallest absolute Gasteiger partial charge is 0.229 e. The van der Waals surface area contributed by atoms with Crippen LogP contribution in [0.1, 0.15) is 30.9 Å². The average Bonchev–Trinajstić information content (AvgIpc) is 3.58. The van der Waals surface area contributed by atoms with Crippen molar-refractivity contribution in [3.63, 3.8) is 0 Å². The first kappa shape index (κ1) is 20.4. The Kier molecular flexibility index (Phi) is 6.29. The Balaban J connectivity index is 1.51. The molecule has 0 saturated heterocycles. The normalized spacial score (nSPS) is 13.7. The van der Waals surface area contributed by atoms with E-state index in [1.54, 1.807) is 6.20 Å². The van der Waals surface area contributed by atoms with E-state index in [0.717, 1.165) is 28.2 Å². The van der Waals surface area contributed by atoms with Crippen molar-refractivity contribution in [2.45, 2.75) is 26.2 Å². The molecule has 1 aliphatic rings. The zero-order valence-electron chi connectivity index (χ0n) is 17.0. The summed E-state index contributed by atoms with van der Waals surface area (Å²) < 4.78 is 0.796. The fourth-order valence-corrected chi connectivity index (χ4v) is 3.66. The largest absolute Gasteiger partial charge is 0.340 e. The van der Waals surface area contributed by atoms with E-state index in [-0.39, 0.29) is 0 Å². The third kappa shape index (κ3) is 5.36. The highest BCUT2D eigenvalue weighted by atomic mass is 79.9. The first-order valence-electron chi connectivity index (χ1n) is 10.1. The summed E-state index contributed by atoms with van der Waals surface area (Å²) in [7, 11) is 0. The Morgan fingerprint density at radius 2 is 1.87 bits per heavy atom. The topological polar surface area (TPSA) is 49.8 Å². The van der Waals surface area contributed by atoms with Gasteiger partial charge in [0, 0.05) is 17.6 Å². The molecule has 1 saturated carbocycles. The van der Waals surface area contributed by atoms with E-state index in [2.05, 4.69) is 98.6 Å². The SMILES string of the molecule is C=C(/C=C(\C)C1CC1)Nc1nc(Nc2ccccc2Cc2ccccc2)ncc1Br. The standard InChI is InChI=1S/C25H25BrN4/c1-17(20-12-13-20)14-18(2)28-24-22(26)16-27-25(30-24)29-23-11-7-6-10-21(23)15-19-8-4-3-5-9-19/h3-11,14,16,20H,2,12-13,15H2,1H3,(H2,27,28,29,30)/b17-14+. The van der Waals surface area contributed by atoms with Gasteiger partial charge in [-0.25, -0.2) is 4.98 Å². The quantitative estimate of drug-likeness (QED) is 0.360. The Labute approximate surface area is 186 Å². The summed E-state index contributed by atoms with van der Waals surface area (Å²) in [5.74, 6) is 1.95. The van der Waals surface area contributed by atoms with Crippen LogP contribution in [0.5, 0.6) is 0 Å². The van der Waals surface area contributed by atoms with Gasteiger partial charge in [-0.3, -0.25) is 0 Å². The number of nitrogens with one attached hydrogen (secondary N) is 2. The minimum absolute atomic E-state index is 0.539. The molecule has 1 aromatic heterocycles. The number of hydrogen-bond donors (Lipinski definition) is 2. The number of benzene rings is 2. The second-order valence-electron chi connectivity index (χ2n) is 7.65. The van der Waals surface area contributed by atoms with Crippen molar-refractivity contribution >= 4 is 33.4 Å². The van der Waals surface area contributed by atoms with Gasteiger partial charge in [-0.2, -0.15) is 4.98 Å². The van der Waals surface area contributed by atoms with Gasteiger partial charge in [-0.1, -0.05) is 60.7 Å². The minimum atomic E-state index is 0.539. The summed E-state index contributed by atoms with van der Waals surface area (Å²) in [5, 5.41) is 6.67. The molecule has 1 aliphatic carbocycles. The van der Waals surface area contributed by atoms with Crippen LogP contribution in [-0.2, 0) is 6.42 Å². The lowest BCUT2D eigenvalue weighted by Gasteiger charge is -2.13. The summed E-state index contributed by atoms with van der Waals surface area (Å²) in [6.45, 7) is 6.29. The molecule has 4 nitrogen and oxygen atoms in total. The highest BCUT2D eigenvalue weighted by Crippen LogP contribution is 2.36. The van der Waals surface area contributed by atoms with Gasteiger partial charge in [0.25, 0.3) is 0 Å². The van der Waals surface area contributed by atoms with E-state index < -0.39 is 0 Å². The summed E-state index contributed by atoms with van der Waals surface area (Å²) in [4.78, 5) is 9.09. The summed E-state index contributed by atoms with van der Waals surface area (Å²) in [6.07, 6.45) is 7.26. The van der Waals surface area contributed by atoms with Gasteiger partial charge >= 0.3 is 0 Å². The van der Waals surface area contributed by atoms with E-state index in [1.807, 2.05) is 12.1 Å². The summed E-state index contributed by atoms with van der Waals surface area (Å²) in [6, 6.07) is 18.7. The minimum Gasteiger partial charge on any atom is -0.340 e. The van der Waals surface area contributed by atoms with Crippen LogP contribution in [0.2, 0.25) is 0 Å². The number of anilines is 3. The van der Waals surface area contributed by atoms with Crippen LogP contribution in [0.4, 0.5) is 17.5 Å². The van der Waals surface area contributed by atoms with Crippen molar-refractivity contribution in [3.05, 3.63) is 100 Å². The highest BCUT2D eigenvalue weighted by Gasteiger charge is 2.22. The molecule has 0 amide bonds. The molecule has 1 heterocycles. The van der Waals surface area contributed by atoms with E-state index in [4.69, 9.17) is 0 Å². The number of halogens is 1. The fraction of sp³-hybridized carbons (Fsp3) is 0.200. The Morgan fingerprint density at radius 3 is 2.63 bits per heavy atom. The molecule has 5 heteroatoms. The van der Waals surface area contributed by atoms with Crippen LogP contribution in [0, 0.1) is 5.92 Å². The number of aromatic nitrogens is 2. The van der Waals surface area contributed by atoms with Crippen LogP contribution in [0.15, 0.2) is 89.2 Å². The van der Waals surface area contributed by atoms with Crippen molar-refractivity contribution in [1.29, 1.82) is 0 Å². The Bertz CT molecular complexity index is 1070. The lowest BCUT2D eigenvalue weighted by atomic mass is 10.0. The molecule has 3 aromatic rings. The predicted molar refractivity (Wildman–Crippen MR) is 128 cm³/mol. The molecular formula is C25H25BrN4. The lowest BCUT2D eigenvalue weighted by Crippen LogP contribution is -2.05. The molecule has 0 radical (unpaired) electrons. The van der Waals surface area contributed by atoms with Crippen LogP contribution in [0.3, 0.4) is 0 Å². The van der Waals surface area contributed by atoms with Crippen LogP contribution < -0.4 is 10.6 Å². The van der Waals surface area contributed by atoms with E-state index in [0.29, 0.717) is 11.8 Å². The molecule has 2 aromatic carbocycles. The molecule has 30 heavy (non-hydrogen) atoms. The van der Waals surface area contributed by atoms with Gasteiger partial charge in [0.05, 0.1) is 4.47 Å². The number of allylic oxidation sites excluding steroid dienone is 2. The zero-order chi connectivity index (χ0) is 20.9. The number of hydrogen-bond acceptors (Lipinski definition) is 4. The van der Waals surface area contributed by atoms with Gasteiger partial charge in [-0.15, -0.1) is 0 Å². The molecule has 0 bridgehead atoms. The first-order chi connectivity index (χ1) is 14.6. The average molecular weight is 461 g/mol. The highest BCUT2D eigenvalue weighted by molar-refractivity contribution is 9.10. The molecule has 1 fully saturated rings. The molecule has 0 aliphatic heterocycles. The van der Waals surface area contributed by atoms with E-state index in [9.17, 15) is 0 Å². The second-order valence-corrected chi connectivity index (χ2v) is 8.50. The molecule has 2 N–H and O–H groups in total. The van der Waals surface area contributed by atoms with Gasteiger partial charge < -0.3 is 10.6 Å². The van der Waals surface area contributed by atoms with Crippen LogP contribution in [0.25, 0.3) is 0 Å². The summed E-state index contributed by atoms with van der Waals surface area (Å²) >= 11 is 3.53. The number of rotatable bonds is 8. The molecule has 152 valence electrons. The Morgan fingerprint density at radius 1 is 1.13 bits per heavy atom. The molecule has 0 spiro atoms. The van der Waals surface area contributed by atoms with Crippen molar-refractivity contribution in [2.75, 3.05) is 10.6 Å². The van der Waals surface area contributed by atoms with Crippen LogP contribution in [-0.4, -0.2) is 9.97 Å². The molecule has 0 unspecified atom stereocenters. The monoisotopic (exact) mass is 460 g/mol. The third-order valence-corrected chi connectivity index (χ3v) is 5.73. The van der Waals surface area contributed by atoms with Crippen molar-refractivity contribution in [3.8, 4) is 0 Å². The number of para-hydroxylation sites is 1. The van der Waals surface area contributed by atoms with Crippen molar-refractivity contribution in [2.24, 2.45) is 5.92 Å². The summed E-state index contributed by atoms with van der Waals surface area (Å²) in [5.41, 5.74) is 5.65. The van der Waals surface area contributed by atoms with E-state index in [1.165, 1.54) is 29.5 Å². The van der Waals surface area contributed by atoms with Gasteiger partial charge in [0.15, 0.2) is 0 Å². The fourth-order valence-electron chi connectivity index (χ4n) is 3.37. The number of nitrogens with zero attached hydrogens (tertiary/aromatic N) is 2. The third-order valence-electron chi connectivity index (χ3n) is 5.15. The van der Waals surface area contributed by atoms with Gasteiger partial charge in [0.1, 0.15) is 5.82 Å². The van der Waals surface area contributed by atoms with E-state index >= 15 is 0 Å².